The van der Waals surface area contributed by atoms with E-state index in [1.165, 1.54) is 25.7 Å². The maximum atomic E-state index is 13.3. The number of methoxy groups -OCH3 is 1. The lowest BCUT2D eigenvalue weighted by Gasteiger charge is -2.42. The molecule has 0 N–H and O–H groups in total. The van der Waals surface area contributed by atoms with E-state index in [0.29, 0.717) is 36.8 Å². The van der Waals surface area contributed by atoms with Crippen LogP contribution >= 0.6 is 0 Å². The van der Waals surface area contributed by atoms with Crippen LogP contribution in [-0.4, -0.2) is 58.6 Å². The lowest BCUT2D eigenvalue weighted by molar-refractivity contribution is -0.148. The molecule has 0 bridgehead atoms. The molecule has 7 nitrogen and oxygen atoms in total. The van der Waals surface area contributed by atoms with E-state index in [2.05, 4.69) is 19.9 Å². The number of amides is 1. The van der Waals surface area contributed by atoms with Crippen LogP contribution in [-0.2, 0) is 22.7 Å². The smallest absolute Gasteiger partial charge is 0.252 e. The summed E-state index contributed by atoms with van der Waals surface area (Å²) in [5.41, 5.74) is -0.181. The molecule has 138 valence electrons. The topological polar surface area (TPSA) is 71.7 Å². The normalized spacial score (nSPS) is 28.5. The Morgan fingerprint density at radius 3 is 2.88 bits per heavy atom. The van der Waals surface area contributed by atoms with Crippen molar-refractivity contribution < 1.29 is 14.1 Å². The van der Waals surface area contributed by atoms with Crippen molar-refractivity contribution >= 4 is 5.91 Å². The molecule has 3 aliphatic rings. The van der Waals surface area contributed by atoms with Gasteiger partial charge in [0.1, 0.15) is 6.61 Å². The van der Waals surface area contributed by atoms with Crippen molar-refractivity contribution in [3.63, 3.8) is 0 Å². The number of carbonyl (C=O) groups excluding carboxylic acids is 1. The Balaban J connectivity index is 1.40. The highest BCUT2D eigenvalue weighted by molar-refractivity contribution is 5.84. The van der Waals surface area contributed by atoms with Gasteiger partial charge in [-0.05, 0) is 38.6 Å². The molecule has 0 aromatic carbocycles. The Morgan fingerprint density at radius 1 is 1.24 bits per heavy atom. The molecule has 1 aromatic rings. The van der Waals surface area contributed by atoms with Gasteiger partial charge in [-0.3, -0.25) is 9.69 Å². The zero-order valence-corrected chi connectivity index (χ0v) is 15.1. The van der Waals surface area contributed by atoms with Crippen LogP contribution in [0.3, 0.4) is 0 Å². The standard InChI is InChI=1S/C18H28N4O3/c1-24-12-16-19-15(20-25-16)11-21-10-8-18(13-21)7-4-9-22(17(18)23)14-5-2-3-6-14/h14H,2-13H2,1H3. The lowest BCUT2D eigenvalue weighted by atomic mass is 9.77. The van der Waals surface area contributed by atoms with Crippen LogP contribution in [0.5, 0.6) is 0 Å². The number of hydrogen-bond acceptors (Lipinski definition) is 6. The summed E-state index contributed by atoms with van der Waals surface area (Å²) in [5, 5.41) is 4.03. The molecule has 0 radical (unpaired) electrons. The highest BCUT2D eigenvalue weighted by Gasteiger charge is 2.49. The summed E-state index contributed by atoms with van der Waals surface area (Å²) in [7, 11) is 1.61. The first kappa shape index (κ1) is 17.0. The third kappa shape index (κ3) is 3.31. The van der Waals surface area contributed by atoms with Crippen LogP contribution in [0.4, 0.5) is 0 Å². The summed E-state index contributed by atoms with van der Waals surface area (Å²) in [4.78, 5) is 22.1. The largest absolute Gasteiger partial charge is 0.375 e. The van der Waals surface area contributed by atoms with Crippen LogP contribution in [0.15, 0.2) is 4.52 Å². The first-order chi connectivity index (χ1) is 12.2. The predicted octanol–water partition coefficient (Wildman–Crippen LogP) is 1.97. The summed E-state index contributed by atoms with van der Waals surface area (Å²) in [6.45, 7) is 3.69. The molecule has 1 unspecified atom stereocenters. The van der Waals surface area contributed by atoms with Gasteiger partial charge in [0.05, 0.1) is 12.0 Å². The van der Waals surface area contributed by atoms with Crippen LogP contribution in [0.1, 0.15) is 56.7 Å². The molecule has 3 heterocycles. The SMILES string of the molecule is COCc1nc(CN2CCC3(CCCN(C4CCCC4)C3=O)C2)no1. The summed E-state index contributed by atoms with van der Waals surface area (Å²) < 4.78 is 10.2. The van der Waals surface area contributed by atoms with Crippen LogP contribution in [0, 0.1) is 5.41 Å². The molecule has 1 aromatic heterocycles. The molecule has 1 spiro atoms. The van der Waals surface area contributed by atoms with Crippen molar-refractivity contribution in [2.24, 2.45) is 5.41 Å². The van der Waals surface area contributed by atoms with Crippen molar-refractivity contribution in [1.82, 2.24) is 19.9 Å². The van der Waals surface area contributed by atoms with Gasteiger partial charge in [-0.25, -0.2) is 0 Å². The summed E-state index contributed by atoms with van der Waals surface area (Å²) in [6, 6.07) is 0.493. The molecule has 1 saturated carbocycles. The minimum atomic E-state index is -0.181. The Hall–Kier alpha value is -1.47. The van der Waals surface area contributed by atoms with Gasteiger partial charge < -0.3 is 14.2 Å². The van der Waals surface area contributed by atoms with E-state index >= 15 is 0 Å². The lowest BCUT2D eigenvalue weighted by Crippen LogP contribution is -2.53. The minimum absolute atomic E-state index is 0.181. The zero-order valence-electron chi connectivity index (χ0n) is 15.1. The molecular weight excluding hydrogens is 320 g/mol. The third-order valence-electron chi connectivity index (χ3n) is 6.11. The Bertz CT molecular complexity index is 613. The van der Waals surface area contributed by atoms with E-state index in [1.54, 1.807) is 7.11 Å². The number of piperidine rings is 1. The molecule has 1 atom stereocenters. The number of rotatable bonds is 5. The molecule has 2 saturated heterocycles. The Labute approximate surface area is 148 Å². The van der Waals surface area contributed by atoms with Crippen LogP contribution in [0.2, 0.25) is 0 Å². The van der Waals surface area contributed by atoms with Gasteiger partial charge >= 0.3 is 0 Å². The molecular formula is C18H28N4O3. The summed E-state index contributed by atoms with van der Waals surface area (Å²) >= 11 is 0. The fourth-order valence-electron chi connectivity index (χ4n) is 4.87. The second kappa shape index (κ2) is 7.03. The van der Waals surface area contributed by atoms with E-state index in [-0.39, 0.29) is 5.41 Å². The molecule has 25 heavy (non-hydrogen) atoms. The fraction of sp³-hybridized carbons (Fsp3) is 0.833. The predicted molar refractivity (Wildman–Crippen MR) is 90.5 cm³/mol. The van der Waals surface area contributed by atoms with Gasteiger partial charge in [0.2, 0.25) is 5.91 Å². The Kier molecular flexibility index (Phi) is 4.78. The number of likely N-dealkylation sites (tertiary alicyclic amines) is 2. The molecule has 1 aliphatic carbocycles. The highest BCUT2D eigenvalue weighted by Crippen LogP contribution is 2.42. The minimum Gasteiger partial charge on any atom is -0.375 e. The quantitative estimate of drug-likeness (QED) is 0.810. The first-order valence-electron chi connectivity index (χ1n) is 9.54. The van der Waals surface area contributed by atoms with Gasteiger partial charge in [-0.2, -0.15) is 4.98 Å². The fourth-order valence-corrected chi connectivity index (χ4v) is 4.87. The number of hydrogen-bond donors (Lipinski definition) is 0. The number of aromatic nitrogens is 2. The molecule has 7 heteroatoms. The number of nitrogens with zero attached hydrogens (tertiary/aromatic N) is 4. The average Bonchev–Trinajstić information content (AvgIpc) is 3.34. The maximum absolute atomic E-state index is 13.3. The monoisotopic (exact) mass is 348 g/mol. The van der Waals surface area contributed by atoms with Crippen molar-refractivity contribution in [3.05, 3.63) is 11.7 Å². The van der Waals surface area contributed by atoms with Gasteiger partial charge in [0, 0.05) is 26.2 Å². The van der Waals surface area contributed by atoms with E-state index in [0.717, 1.165) is 38.9 Å². The summed E-state index contributed by atoms with van der Waals surface area (Å²) in [6.07, 6.45) is 8.04. The van der Waals surface area contributed by atoms with Crippen molar-refractivity contribution in [2.75, 3.05) is 26.7 Å². The third-order valence-corrected chi connectivity index (χ3v) is 6.11. The van der Waals surface area contributed by atoms with Crippen LogP contribution < -0.4 is 0 Å². The van der Waals surface area contributed by atoms with E-state index in [4.69, 9.17) is 9.26 Å². The zero-order chi connectivity index (χ0) is 17.3. The molecule has 3 fully saturated rings. The Morgan fingerprint density at radius 2 is 2.08 bits per heavy atom. The molecule has 2 aliphatic heterocycles. The number of carbonyl (C=O) groups is 1. The van der Waals surface area contributed by atoms with E-state index < -0.39 is 0 Å². The van der Waals surface area contributed by atoms with Crippen molar-refractivity contribution in [1.29, 1.82) is 0 Å². The van der Waals surface area contributed by atoms with Crippen molar-refractivity contribution in [3.8, 4) is 0 Å². The van der Waals surface area contributed by atoms with Crippen molar-refractivity contribution in [2.45, 2.75) is 64.1 Å². The van der Waals surface area contributed by atoms with Gasteiger partial charge in [-0.1, -0.05) is 18.0 Å². The summed E-state index contributed by atoms with van der Waals surface area (Å²) in [5.74, 6) is 1.59. The molecule has 4 rings (SSSR count). The van der Waals surface area contributed by atoms with Crippen LogP contribution in [0.25, 0.3) is 0 Å². The van der Waals surface area contributed by atoms with E-state index in [9.17, 15) is 4.79 Å². The van der Waals surface area contributed by atoms with Gasteiger partial charge in [0.15, 0.2) is 5.82 Å². The maximum Gasteiger partial charge on any atom is 0.252 e. The van der Waals surface area contributed by atoms with Gasteiger partial charge in [0.25, 0.3) is 5.89 Å². The van der Waals surface area contributed by atoms with Gasteiger partial charge in [-0.15, -0.1) is 0 Å². The average molecular weight is 348 g/mol. The van der Waals surface area contributed by atoms with E-state index in [1.807, 2.05) is 0 Å². The second-order valence-corrected chi connectivity index (χ2v) is 7.82. The first-order valence-corrected chi connectivity index (χ1v) is 9.54. The molecule has 1 amide bonds. The highest BCUT2D eigenvalue weighted by atomic mass is 16.5. The number of ether oxygens (including phenoxy) is 1. The second-order valence-electron chi connectivity index (χ2n) is 7.82.